The molecule has 0 aromatic heterocycles. The fourth-order valence-corrected chi connectivity index (χ4v) is 1.35. The quantitative estimate of drug-likeness (QED) is 0.533. The Morgan fingerprint density at radius 3 is 2.50 bits per heavy atom. The Balaban J connectivity index is 3.07. The van der Waals surface area contributed by atoms with Gasteiger partial charge in [0.25, 0.3) is 0 Å². The van der Waals surface area contributed by atoms with Gasteiger partial charge in [-0.1, -0.05) is 12.0 Å². The van der Waals surface area contributed by atoms with Crippen LogP contribution in [0.4, 0.5) is 0 Å². The normalized spacial score (nSPS) is 10.7. The number of ether oxygens (including phenoxy) is 1. The molecule has 0 bridgehead atoms. The highest BCUT2D eigenvalue weighted by Crippen LogP contribution is 2.17. The van der Waals surface area contributed by atoms with E-state index in [1.54, 1.807) is 12.1 Å². The van der Waals surface area contributed by atoms with Gasteiger partial charge in [0.2, 0.25) is 0 Å². The van der Waals surface area contributed by atoms with E-state index in [0.717, 1.165) is 11.1 Å². The monoisotopic (exact) mass is 216 g/mol. The van der Waals surface area contributed by atoms with Crippen LogP contribution in [0.25, 0.3) is 0 Å². The minimum atomic E-state index is -0.490. The SMILES string of the molecule is C#Cc1cccc(C(=O)OC(C)(C)C)c1C. The maximum absolute atomic E-state index is 11.9. The second-order valence-corrected chi connectivity index (χ2v) is 4.62. The van der Waals surface area contributed by atoms with Gasteiger partial charge in [0, 0.05) is 5.56 Å². The predicted octanol–water partition coefficient (Wildman–Crippen LogP) is 2.93. The van der Waals surface area contributed by atoms with E-state index in [9.17, 15) is 4.79 Å². The van der Waals surface area contributed by atoms with Crippen molar-refractivity contribution in [3.8, 4) is 12.3 Å². The van der Waals surface area contributed by atoms with Gasteiger partial charge in [-0.05, 0) is 45.4 Å². The molecule has 0 aliphatic carbocycles. The lowest BCUT2D eigenvalue weighted by Crippen LogP contribution is -2.24. The van der Waals surface area contributed by atoms with Gasteiger partial charge in [0.15, 0.2) is 0 Å². The zero-order valence-electron chi connectivity index (χ0n) is 10.1. The van der Waals surface area contributed by atoms with Gasteiger partial charge in [0.05, 0.1) is 5.56 Å². The van der Waals surface area contributed by atoms with E-state index in [1.165, 1.54) is 0 Å². The van der Waals surface area contributed by atoms with Crippen molar-refractivity contribution in [2.24, 2.45) is 0 Å². The van der Waals surface area contributed by atoms with Crippen LogP contribution in [0.15, 0.2) is 18.2 Å². The van der Waals surface area contributed by atoms with Crippen LogP contribution in [-0.2, 0) is 4.74 Å². The Hall–Kier alpha value is -1.75. The van der Waals surface area contributed by atoms with Crippen LogP contribution in [0.2, 0.25) is 0 Å². The summed E-state index contributed by atoms with van der Waals surface area (Å²) in [6.07, 6.45) is 5.34. The number of carbonyl (C=O) groups is 1. The van der Waals surface area contributed by atoms with Crippen LogP contribution in [0.3, 0.4) is 0 Å². The highest BCUT2D eigenvalue weighted by molar-refractivity contribution is 5.92. The molecule has 16 heavy (non-hydrogen) atoms. The van der Waals surface area contributed by atoms with E-state index in [2.05, 4.69) is 5.92 Å². The van der Waals surface area contributed by atoms with Crippen molar-refractivity contribution < 1.29 is 9.53 Å². The Labute approximate surface area is 96.6 Å². The second-order valence-electron chi connectivity index (χ2n) is 4.62. The summed E-state index contributed by atoms with van der Waals surface area (Å²) in [7, 11) is 0. The average molecular weight is 216 g/mol. The first-order chi connectivity index (χ1) is 7.35. The minimum Gasteiger partial charge on any atom is -0.456 e. The zero-order chi connectivity index (χ0) is 12.3. The van der Waals surface area contributed by atoms with Gasteiger partial charge in [-0.25, -0.2) is 4.79 Å². The number of rotatable bonds is 1. The van der Waals surface area contributed by atoms with Gasteiger partial charge in [0.1, 0.15) is 5.60 Å². The van der Waals surface area contributed by atoms with Crippen molar-refractivity contribution in [1.29, 1.82) is 0 Å². The summed E-state index contributed by atoms with van der Waals surface area (Å²) in [6.45, 7) is 7.34. The number of hydrogen-bond donors (Lipinski definition) is 0. The van der Waals surface area contributed by atoms with Crippen LogP contribution in [0, 0.1) is 19.3 Å². The van der Waals surface area contributed by atoms with Crippen LogP contribution >= 0.6 is 0 Å². The molecule has 2 nitrogen and oxygen atoms in total. The molecule has 2 heteroatoms. The first-order valence-electron chi connectivity index (χ1n) is 5.15. The molecule has 1 aromatic carbocycles. The van der Waals surface area contributed by atoms with Gasteiger partial charge in [-0.15, -0.1) is 6.42 Å². The summed E-state index contributed by atoms with van der Waals surface area (Å²) in [5.41, 5.74) is 1.56. The molecule has 0 fully saturated rings. The molecule has 0 saturated heterocycles. The Bertz CT molecular complexity index is 445. The van der Waals surface area contributed by atoms with Gasteiger partial charge < -0.3 is 4.74 Å². The minimum absolute atomic E-state index is 0.331. The zero-order valence-corrected chi connectivity index (χ0v) is 10.1. The topological polar surface area (TPSA) is 26.3 Å². The molecule has 0 saturated carbocycles. The van der Waals surface area contributed by atoms with Crippen molar-refractivity contribution in [3.05, 3.63) is 34.9 Å². The molecule has 0 aliphatic heterocycles. The van der Waals surface area contributed by atoms with Crippen LogP contribution in [-0.4, -0.2) is 11.6 Å². The molecule has 0 spiro atoms. The highest BCUT2D eigenvalue weighted by atomic mass is 16.6. The highest BCUT2D eigenvalue weighted by Gasteiger charge is 2.19. The largest absolute Gasteiger partial charge is 0.456 e. The number of hydrogen-bond acceptors (Lipinski definition) is 2. The van der Waals surface area contributed by atoms with Gasteiger partial charge >= 0.3 is 5.97 Å². The van der Waals surface area contributed by atoms with Crippen molar-refractivity contribution in [1.82, 2.24) is 0 Å². The fourth-order valence-electron chi connectivity index (χ4n) is 1.35. The van der Waals surface area contributed by atoms with E-state index in [0.29, 0.717) is 5.56 Å². The molecular formula is C14H16O2. The third-order valence-corrected chi connectivity index (χ3v) is 2.11. The smallest absolute Gasteiger partial charge is 0.338 e. The van der Waals surface area contributed by atoms with E-state index < -0.39 is 5.60 Å². The summed E-state index contributed by atoms with van der Waals surface area (Å²) in [4.78, 5) is 11.9. The average Bonchev–Trinajstić information content (AvgIpc) is 2.15. The number of esters is 1. The van der Waals surface area contributed by atoms with E-state index >= 15 is 0 Å². The maximum Gasteiger partial charge on any atom is 0.338 e. The van der Waals surface area contributed by atoms with E-state index in [4.69, 9.17) is 11.2 Å². The maximum atomic E-state index is 11.9. The Morgan fingerprint density at radius 2 is 2.00 bits per heavy atom. The van der Waals surface area contributed by atoms with Crippen molar-refractivity contribution >= 4 is 5.97 Å². The number of carbonyl (C=O) groups excluding carboxylic acids is 1. The molecule has 0 N–H and O–H groups in total. The third-order valence-electron chi connectivity index (χ3n) is 2.11. The molecule has 1 aromatic rings. The van der Waals surface area contributed by atoms with Gasteiger partial charge in [-0.3, -0.25) is 0 Å². The lowest BCUT2D eigenvalue weighted by Gasteiger charge is -2.20. The first kappa shape index (κ1) is 12.3. The standard InChI is InChI=1S/C14H16O2/c1-6-11-8-7-9-12(10(11)2)13(15)16-14(3,4)5/h1,7-9H,2-5H3. The van der Waals surface area contributed by atoms with E-state index in [-0.39, 0.29) is 5.97 Å². The Kier molecular flexibility index (Phi) is 3.39. The molecule has 1 rings (SSSR count). The molecular weight excluding hydrogens is 200 g/mol. The molecule has 84 valence electrons. The molecule has 0 aliphatic rings. The molecule has 0 radical (unpaired) electrons. The predicted molar refractivity (Wildman–Crippen MR) is 64.3 cm³/mol. The summed E-state index contributed by atoms with van der Waals surface area (Å²) >= 11 is 0. The number of benzene rings is 1. The van der Waals surface area contributed by atoms with Crippen molar-refractivity contribution in [2.45, 2.75) is 33.3 Å². The molecule has 0 heterocycles. The van der Waals surface area contributed by atoms with Crippen LogP contribution < -0.4 is 0 Å². The Morgan fingerprint density at radius 1 is 1.38 bits per heavy atom. The molecule has 0 atom stereocenters. The van der Waals surface area contributed by atoms with Crippen molar-refractivity contribution in [3.63, 3.8) is 0 Å². The number of terminal acetylenes is 1. The first-order valence-corrected chi connectivity index (χ1v) is 5.15. The summed E-state index contributed by atoms with van der Waals surface area (Å²) in [5.74, 6) is 2.21. The summed E-state index contributed by atoms with van der Waals surface area (Å²) in [6, 6.07) is 5.30. The second kappa shape index (κ2) is 4.40. The van der Waals surface area contributed by atoms with Crippen LogP contribution in [0.5, 0.6) is 0 Å². The third kappa shape index (κ3) is 2.87. The fraction of sp³-hybridized carbons (Fsp3) is 0.357. The summed E-state index contributed by atoms with van der Waals surface area (Å²) in [5, 5.41) is 0. The van der Waals surface area contributed by atoms with Crippen molar-refractivity contribution in [2.75, 3.05) is 0 Å². The lowest BCUT2D eigenvalue weighted by molar-refractivity contribution is 0.00687. The molecule has 0 amide bonds. The van der Waals surface area contributed by atoms with Crippen LogP contribution in [0.1, 0.15) is 42.3 Å². The molecule has 0 unspecified atom stereocenters. The summed E-state index contributed by atoms with van der Waals surface area (Å²) < 4.78 is 5.30. The van der Waals surface area contributed by atoms with Gasteiger partial charge in [-0.2, -0.15) is 0 Å². The lowest BCUT2D eigenvalue weighted by atomic mass is 10.0. The van der Waals surface area contributed by atoms with E-state index in [1.807, 2.05) is 33.8 Å².